The summed E-state index contributed by atoms with van der Waals surface area (Å²) in [6.07, 6.45) is 3.58. The minimum atomic E-state index is -1.18. The number of Topliss-reactive ketones (excluding diaryl/α,β-unsaturated/α-hetero) is 1. The van der Waals surface area contributed by atoms with E-state index in [-0.39, 0.29) is 47.4 Å². The van der Waals surface area contributed by atoms with Crippen molar-refractivity contribution in [3.05, 3.63) is 95.5 Å². The zero-order valence-electron chi connectivity index (χ0n) is 21.6. The maximum atomic E-state index is 12.9. The lowest BCUT2D eigenvalue weighted by molar-refractivity contribution is -0.683. The van der Waals surface area contributed by atoms with Gasteiger partial charge >= 0.3 is 5.97 Å². The van der Waals surface area contributed by atoms with Crippen LogP contribution in [-0.4, -0.2) is 66.7 Å². The molecule has 2 aliphatic heterocycles. The third-order valence-corrected chi connectivity index (χ3v) is 9.11. The number of aromatic hydroxyl groups is 2. The number of aliphatic carboxylic acids is 1. The van der Waals surface area contributed by atoms with Crippen LogP contribution in [0, 0.1) is 0 Å². The molecule has 0 saturated carbocycles. The number of aromatic nitrogens is 1. The number of carboxylic acids is 1. The van der Waals surface area contributed by atoms with Gasteiger partial charge in [-0.2, -0.15) is 4.57 Å². The second-order valence-electron chi connectivity index (χ2n) is 9.50. The number of phenols is 2. The standard InChI is InChI=1S/C29H25N3O7S2/c33-21-7-6-18(13-22(21)34)23(35)14-31-10-8-20(9-11-31)40-15-19-16-41-28-25(27(37)32(28)26(19)29(38)39)30-24(36)12-17-4-2-1-3-5-17/h1-11,13,25,28H,12,14-16H2,(H3-,30,33,34,35,36,38,39)/p+1/t25-,28-/m1/s1. The summed E-state index contributed by atoms with van der Waals surface area (Å²) in [4.78, 5) is 52.2. The average Bonchev–Trinajstić information content (AvgIpc) is 2.96. The lowest BCUT2D eigenvalue weighted by atomic mass is 10.0. The molecule has 4 N–H and O–H groups in total. The first kappa shape index (κ1) is 28.2. The van der Waals surface area contributed by atoms with Crippen LogP contribution in [0.4, 0.5) is 0 Å². The first-order chi connectivity index (χ1) is 19.7. The lowest BCUT2D eigenvalue weighted by Gasteiger charge is -2.49. The number of β-lactam (4-membered cyclic amide) rings is 1. The number of fused-ring (bicyclic) bond motifs is 1. The van der Waals surface area contributed by atoms with E-state index in [0.29, 0.717) is 17.1 Å². The minimum absolute atomic E-state index is 0.0294. The molecule has 2 amide bonds. The molecule has 10 nitrogen and oxygen atoms in total. The van der Waals surface area contributed by atoms with Crippen LogP contribution >= 0.6 is 23.5 Å². The number of phenolic OH excluding ortho intramolecular Hbond substituents is 2. The van der Waals surface area contributed by atoms with Crippen LogP contribution in [-0.2, 0) is 27.3 Å². The van der Waals surface area contributed by atoms with Crippen LogP contribution in [0.2, 0.25) is 0 Å². The molecule has 12 heteroatoms. The Hall–Kier alpha value is -4.29. The average molecular weight is 593 g/mol. The van der Waals surface area contributed by atoms with Gasteiger partial charge in [0.25, 0.3) is 5.91 Å². The summed E-state index contributed by atoms with van der Waals surface area (Å²) in [7, 11) is 0. The van der Waals surface area contributed by atoms with E-state index >= 15 is 0 Å². The Morgan fingerprint density at radius 1 is 1.02 bits per heavy atom. The van der Waals surface area contributed by atoms with Crippen molar-refractivity contribution in [2.75, 3.05) is 11.5 Å². The van der Waals surface area contributed by atoms with E-state index in [0.717, 1.165) is 10.5 Å². The third-order valence-electron chi connectivity index (χ3n) is 6.67. The molecular formula is C29H26N3O7S2+. The highest BCUT2D eigenvalue weighted by Crippen LogP contribution is 2.41. The summed E-state index contributed by atoms with van der Waals surface area (Å²) in [6.45, 7) is 0.0294. The van der Waals surface area contributed by atoms with Gasteiger partial charge in [0.05, 0.1) is 6.42 Å². The highest BCUT2D eigenvalue weighted by atomic mass is 32.2. The normalized spacial score (nSPS) is 18.0. The van der Waals surface area contributed by atoms with Crippen LogP contribution in [0.25, 0.3) is 0 Å². The number of ketones is 1. The number of rotatable bonds is 10. The Bertz CT molecular complexity index is 1540. The van der Waals surface area contributed by atoms with Crippen molar-refractivity contribution in [3.63, 3.8) is 0 Å². The van der Waals surface area contributed by atoms with Gasteiger partial charge in [-0.3, -0.25) is 19.3 Å². The molecule has 3 aromatic rings. The number of nitrogens with zero attached hydrogens (tertiary/aromatic N) is 2. The summed E-state index contributed by atoms with van der Waals surface area (Å²) in [5.41, 5.74) is 1.68. The topological polar surface area (TPSA) is 148 Å². The predicted molar refractivity (Wildman–Crippen MR) is 151 cm³/mol. The van der Waals surface area contributed by atoms with Crippen molar-refractivity contribution in [3.8, 4) is 11.5 Å². The molecule has 0 aliphatic carbocycles. The summed E-state index contributed by atoms with van der Waals surface area (Å²) in [5.74, 6) is -2.05. The maximum Gasteiger partial charge on any atom is 0.352 e. The summed E-state index contributed by atoms with van der Waals surface area (Å²) < 4.78 is 1.67. The fourth-order valence-electron chi connectivity index (χ4n) is 4.57. The quantitative estimate of drug-likeness (QED) is 0.0915. The molecule has 1 saturated heterocycles. The van der Waals surface area contributed by atoms with Crippen LogP contribution < -0.4 is 9.88 Å². The first-order valence-electron chi connectivity index (χ1n) is 12.6. The van der Waals surface area contributed by atoms with E-state index in [9.17, 15) is 34.5 Å². The van der Waals surface area contributed by atoms with Crippen LogP contribution in [0.15, 0.2) is 89.2 Å². The Morgan fingerprint density at radius 3 is 2.44 bits per heavy atom. The van der Waals surface area contributed by atoms with Gasteiger partial charge in [0.15, 0.2) is 23.9 Å². The number of amides is 2. The Labute approximate surface area is 243 Å². The molecule has 2 aliphatic rings. The molecular weight excluding hydrogens is 566 g/mol. The van der Waals surface area contributed by atoms with Crippen LogP contribution in [0.5, 0.6) is 11.5 Å². The molecule has 0 unspecified atom stereocenters. The maximum absolute atomic E-state index is 12.9. The van der Waals surface area contributed by atoms with Crippen molar-refractivity contribution in [2.24, 2.45) is 0 Å². The molecule has 41 heavy (non-hydrogen) atoms. The fourth-order valence-corrected chi connectivity index (χ4v) is 6.94. The van der Waals surface area contributed by atoms with Gasteiger partial charge < -0.3 is 20.6 Å². The highest BCUT2D eigenvalue weighted by Gasteiger charge is 2.54. The minimum Gasteiger partial charge on any atom is -0.504 e. The van der Waals surface area contributed by atoms with Crippen molar-refractivity contribution in [2.45, 2.75) is 29.3 Å². The largest absolute Gasteiger partial charge is 0.504 e. The van der Waals surface area contributed by atoms with E-state index in [1.165, 1.54) is 46.6 Å². The first-order valence-corrected chi connectivity index (χ1v) is 14.6. The molecule has 2 aromatic carbocycles. The van der Waals surface area contributed by atoms with Gasteiger partial charge in [0.2, 0.25) is 18.2 Å². The Balaban J connectivity index is 1.19. The van der Waals surface area contributed by atoms with Gasteiger partial charge in [0.1, 0.15) is 17.1 Å². The second-order valence-corrected chi connectivity index (χ2v) is 11.6. The fraction of sp³-hybridized carbons (Fsp3) is 0.207. The van der Waals surface area contributed by atoms with Gasteiger partial charge in [0, 0.05) is 34.1 Å². The number of hydrogen-bond donors (Lipinski definition) is 4. The monoisotopic (exact) mass is 592 g/mol. The van der Waals surface area contributed by atoms with Crippen molar-refractivity contribution in [1.29, 1.82) is 0 Å². The number of hydrogen-bond acceptors (Lipinski definition) is 8. The molecule has 5 rings (SSSR count). The summed E-state index contributed by atoms with van der Waals surface area (Å²) >= 11 is 2.84. The number of carbonyl (C=O) groups excluding carboxylic acids is 3. The second kappa shape index (κ2) is 12.1. The van der Waals surface area contributed by atoms with Crippen molar-refractivity contribution in [1.82, 2.24) is 10.2 Å². The molecule has 0 spiro atoms. The van der Waals surface area contributed by atoms with E-state index in [4.69, 9.17) is 0 Å². The lowest BCUT2D eigenvalue weighted by Crippen LogP contribution is -2.70. The summed E-state index contributed by atoms with van der Waals surface area (Å²) in [6, 6.07) is 15.9. The number of pyridine rings is 1. The molecule has 2 atom stereocenters. The number of nitrogens with one attached hydrogen (secondary N) is 1. The van der Waals surface area contributed by atoms with E-state index in [2.05, 4.69) is 5.32 Å². The highest BCUT2D eigenvalue weighted by molar-refractivity contribution is 8.01. The third kappa shape index (κ3) is 6.23. The number of thioether (sulfide) groups is 2. The van der Waals surface area contributed by atoms with E-state index in [1.54, 1.807) is 29.1 Å². The molecule has 210 valence electrons. The number of carbonyl (C=O) groups is 4. The van der Waals surface area contributed by atoms with Crippen LogP contribution in [0.1, 0.15) is 15.9 Å². The number of carboxylic acid groups (broad SMARTS) is 1. The van der Waals surface area contributed by atoms with Gasteiger partial charge in [-0.25, -0.2) is 4.79 Å². The molecule has 1 fully saturated rings. The van der Waals surface area contributed by atoms with Crippen LogP contribution in [0.3, 0.4) is 0 Å². The molecule has 0 radical (unpaired) electrons. The van der Waals surface area contributed by atoms with Crippen molar-refractivity contribution < 1.29 is 39.1 Å². The molecule has 3 heterocycles. The zero-order chi connectivity index (χ0) is 29.1. The van der Waals surface area contributed by atoms with E-state index in [1.807, 2.05) is 30.3 Å². The Morgan fingerprint density at radius 2 is 1.76 bits per heavy atom. The van der Waals surface area contributed by atoms with Gasteiger partial charge in [-0.05, 0) is 29.3 Å². The van der Waals surface area contributed by atoms with E-state index < -0.39 is 23.3 Å². The molecule has 0 bridgehead atoms. The van der Waals surface area contributed by atoms with Crippen molar-refractivity contribution >= 4 is 47.1 Å². The smallest absolute Gasteiger partial charge is 0.352 e. The summed E-state index contributed by atoms with van der Waals surface area (Å²) in [5, 5.41) is 31.3. The number of benzene rings is 2. The Kier molecular flexibility index (Phi) is 8.31. The SMILES string of the molecule is O=C(Cc1ccccc1)N[C@@H]1C(=O)N2C(C(=O)O)=C(CSc3cc[n+](CC(=O)c4ccc(O)c(O)c4)cc3)CS[C@H]12. The zero-order valence-corrected chi connectivity index (χ0v) is 23.2. The molecule has 1 aromatic heterocycles. The predicted octanol–water partition coefficient (Wildman–Crippen LogP) is 2.34. The van der Waals surface area contributed by atoms with Gasteiger partial charge in [-0.1, -0.05) is 30.3 Å². The van der Waals surface area contributed by atoms with Gasteiger partial charge in [-0.15, -0.1) is 23.5 Å².